The van der Waals surface area contributed by atoms with Gasteiger partial charge in [0.1, 0.15) is 30.5 Å². The Labute approximate surface area is 142 Å². The summed E-state index contributed by atoms with van der Waals surface area (Å²) in [5.41, 5.74) is 5.92. The van der Waals surface area contributed by atoms with Gasteiger partial charge in [-0.1, -0.05) is 30.3 Å². The van der Waals surface area contributed by atoms with Crippen molar-refractivity contribution in [3.05, 3.63) is 35.9 Å². The van der Waals surface area contributed by atoms with Crippen LogP contribution in [0.25, 0.3) is 0 Å². The quantitative estimate of drug-likeness (QED) is 0.804. The number of primary amides is 1. The zero-order valence-electron chi connectivity index (χ0n) is 14.3. The molecule has 24 heavy (non-hydrogen) atoms. The molecule has 0 bridgehead atoms. The van der Waals surface area contributed by atoms with Crippen LogP contribution >= 0.6 is 0 Å². The van der Waals surface area contributed by atoms with E-state index in [4.69, 9.17) is 24.7 Å². The Morgan fingerprint density at radius 3 is 2.54 bits per heavy atom. The van der Waals surface area contributed by atoms with E-state index in [1.807, 2.05) is 51.1 Å². The van der Waals surface area contributed by atoms with E-state index in [-0.39, 0.29) is 18.3 Å². The van der Waals surface area contributed by atoms with Crippen molar-refractivity contribution in [3.8, 4) is 0 Å². The fourth-order valence-electron chi connectivity index (χ4n) is 3.15. The number of nitrogens with two attached hydrogens (primary N) is 1. The highest BCUT2D eigenvalue weighted by Gasteiger charge is 2.57. The summed E-state index contributed by atoms with van der Waals surface area (Å²) in [6.07, 6.45) is -1.43. The monoisotopic (exact) mass is 335 g/mol. The fourth-order valence-corrected chi connectivity index (χ4v) is 3.15. The largest absolute Gasteiger partial charge is 0.443 e. The normalized spacial score (nSPS) is 28.0. The van der Waals surface area contributed by atoms with Crippen LogP contribution in [0.2, 0.25) is 0 Å². The molecule has 2 aliphatic heterocycles. The first-order chi connectivity index (χ1) is 11.3. The summed E-state index contributed by atoms with van der Waals surface area (Å²) < 4.78 is 23.1. The lowest BCUT2D eigenvalue weighted by Crippen LogP contribution is -2.49. The molecule has 3 rings (SSSR count). The summed E-state index contributed by atoms with van der Waals surface area (Å²) in [4.78, 5) is 11.4. The van der Waals surface area contributed by atoms with E-state index in [0.29, 0.717) is 13.0 Å². The number of carbonyl (C=O) groups is 1. The van der Waals surface area contributed by atoms with Gasteiger partial charge >= 0.3 is 6.09 Å². The van der Waals surface area contributed by atoms with Crippen LogP contribution in [0.3, 0.4) is 0 Å². The lowest BCUT2D eigenvalue weighted by atomic mass is 9.97. The summed E-state index contributed by atoms with van der Waals surface area (Å²) in [6, 6.07) is 9.80. The van der Waals surface area contributed by atoms with E-state index in [9.17, 15) is 4.79 Å². The number of hydrogen-bond acceptors (Lipinski definition) is 5. The van der Waals surface area contributed by atoms with Crippen molar-refractivity contribution in [2.75, 3.05) is 6.61 Å². The molecular formula is C18H25NO5. The molecule has 0 spiro atoms. The van der Waals surface area contributed by atoms with Gasteiger partial charge in [0.15, 0.2) is 0 Å². The van der Waals surface area contributed by atoms with Crippen LogP contribution in [0.15, 0.2) is 30.3 Å². The van der Waals surface area contributed by atoms with E-state index >= 15 is 0 Å². The van der Waals surface area contributed by atoms with Crippen LogP contribution < -0.4 is 5.73 Å². The van der Waals surface area contributed by atoms with E-state index in [2.05, 4.69) is 0 Å². The number of hydrogen-bond donors (Lipinski definition) is 1. The fraction of sp³-hybridized carbons (Fsp3) is 0.611. The molecule has 2 N–H and O–H groups in total. The molecule has 2 unspecified atom stereocenters. The highest BCUT2D eigenvalue weighted by Crippen LogP contribution is 2.39. The molecule has 1 aromatic rings. The number of benzene rings is 1. The van der Waals surface area contributed by atoms with Gasteiger partial charge in [0.2, 0.25) is 0 Å². The van der Waals surface area contributed by atoms with E-state index in [1.54, 1.807) is 0 Å². The topological polar surface area (TPSA) is 83.3 Å². The SMILES string of the molecule is CC(C)(C)OC(C(Cc1ccccc1)OC(N)=O)[C@@H]1OC[C@@H]2O[C@@H]21. The van der Waals surface area contributed by atoms with Crippen molar-refractivity contribution in [1.82, 2.24) is 0 Å². The molecule has 5 atom stereocenters. The summed E-state index contributed by atoms with van der Waals surface area (Å²) in [7, 11) is 0. The molecule has 132 valence electrons. The highest BCUT2D eigenvalue weighted by molar-refractivity contribution is 5.65. The molecule has 6 nitrogen and oxygen atoms in total. The number of epoxide rings is 1. The van der Waals surface area contributed by atoms with Gasteiger partial charge in [0, 0.05) is 6.42 Å². The number of amides is 1. The van der Waals surface area contributed by atoms with Crippen LogP contribution in [0.5, 0.6) is 0 Å². The standard InChI is InChI=1S/C18H25NO5/c1-18(2,3)24-15(16-14-13(22-14)10-21-16)12(23-17(19)20)9-11-7-5-4-6-8-11/h4-8,12-16H,9-10H2,1-3H3,(H2,19,20)/t12?,13-,14-,15?,16+/m0/s1. The number of fused-ring (bicyclic) bond motifs is 1. The van der Waals surface area contributed by atoms with Crippen LogP contribution in [-0.4, -0.2) is 48.8 Å². The summed E-state index contributed by atoms with van der Waals surface area (Å²) >= 11 is 0. The van der Waals surface area contributed by atoms with Crippen molar-refractivity contribution >= 4 is 6.09 Å². The predicted octanol–water partition coefficient (Wildman–Crippen LogP) is 2.04. The minimum Gasteiger partial charge on any atom is -0.443 e. The summed E-state index contributed by atoms with van der Waals surface area (Å²) in [5, 5.41) is 0. The second-order valence-electron chi connectivity index (χ2n) is 7.30. The molecule has 2 aliphatic rings. The maximum atomic E-state index is 11.4. The van der Waals surface area contributed by atoms with Gasteiger partial charge in [-0.15, -0.1) is 0 Å². The van der Waals surface area contributed by atoms with E-state index in [1.165, 1.54) is 0 Å². The van der Waals surface area contributed by atoms with Gasteiger partial charge in [0.25, 0.3) is 0 Å². The Morgan fingerprint density at radius 1 is 1.33 bits per heavy atom. The molecular weight excluding hydrogens is 310 g/mol. The smallest absolute Gasteiger partial charge is 0.404 e. The van der Waals surface area contributed by atoms with Crippen molar-refractivity contribution < 1.29 is 23.7 Å². The van der Waals surface area contributed by atoms with Crippen LogP contribution in [0.4, 0.5) is 4.79 Å². The van der Waals surface area contributed by atoms with Crippen molar-refractivity contribution in [2.45, 2.75) is 63.3 Å². The number of ether oxygens (including phenoxy) is 4. The number of carbonyl (C=O) groups excluding carboxylic acids is 1. The third kappa shape index (κ3) is 4.26. The molecule has 2 heterocycles. The predicted molar refractivity (Wildman–Crippen MR) is 87.6 cm³/mol. The van der Waals surface area contributed by atoms with Gasteiger partial charge in [-0.25, -0.2) is 4.79 Å². The third-order valence-electron chi connectivity index (χ3n) is 4.13. The minimum atomic E-state index is -0.815. The maximum Gasteiger partial charge on any atom is 0.404 e. The van der Waals surface area contributed by atoms with Gasteiger partial charge in [-0.05, 0) is 26.3 Å². The minimum absolute atomic E-state index is 0.00657. The molecule has 0 aromatic heterocycles. The van der Waals surface area contributed by atoms with Gasteiger partial charge in [0.05, 0.1) is 12.2 Å². The first-order valence-electron chi connectivity index (χ1n) is 8.28. The average molecular weight is 335 g/mol. The van der Waals surface area contributed by atoms with Crippen molar-refractivity contribution in [2.24, 2.45) is 5.73 Å². The molecule has 1 aromatic carbocycles. The van der Waals surface area contributed by atoms with Crippen molar-refractivity contribution in [1.29, 1.82) is 0 Å². The Balaban J connectivity index is 1.82. The second-order valence-corrected chi connectivity index (χ2v) is 7.30. The Bertz CT molecular complexity index is 571. The van der Waals surface area contributed by atoms with Gasteiger partial charge in [-0.3, -0.25) is 0 Å². The first kappa shape index (κ1) is 17.2. The second kappa shape index (κ2) is 6.70. The lowest BCUT2D eigenvalue weighted by molar-refractivity contribution is -0.169. The highest BCUT2D eigenvalue weighted by atomic mass is 16.7. The molecule has 2 saturated heterocycles. The molecule has 0 aliphatic carbocycles. The molecule has 6 heteroatoms. The Hall–Kier alpha value is -1.63. The van der Waals surface area contributed by atoms with E-state index in [0.717, 1.165) is 5.56 Å². The van der Waals surface area contributed by atoms with Crippen LogP contribution in [-0.2, 0) is 25.4 Å². The molecule has 1 amide bonds. The zero-order valence-corrected chi connectivity index (χ0v) is 14.3. The van der Waals surface area contributed by atoms with Crippen LogP contribution in [0.1, 0.15) is 26.3 Å². The van der Waals surface area contributed by atoms with Gasteiger partial charge in [-0.2, -0.15) is 0 Å². The molecule has 2 fully saturated rings. The summed E-state index contributed by atoms with van der Waals surface area (Å²) in [6.45, 7) is 6.44. The van der Waals surface area contributed by atoms with Gasteiger partial charge < -0.3 is 24.7 Å². The average Bonchev–Trinajstić information content (AvgIpc) is 3.15. The Kier molecular flexibility index (Phi) is 4.80. The van der Waals surface area contributed by atoms with E-state index < -0.39 is 23.9 Å². The Morgan fingerprint density at radius 2 is 2.04 bits per heavy atom. The maximum absolute atomic E-state index is 11.4. The third-order valence-corrected chi connectivity index (χ3v) is 4.13. The zero-order chi connectivity index (χ0) is 17.3. The van der Waals surface area contributed by atoms with Crippen molar-refractivity contribution in [3.63, 3.8) is 0 Å². The summed E-state index contributed by atoms with van der Waals surface area (Å²) in [5.74, 6) is 0. The van der Waals surface area contributed by atoms with Crippen LogP contribution in [0, 0.1) is 0 Å². The molecule has 0 saturated carbocycles. The first-order valence-corrected chi connectivity index (χ1v) is 8.28. The lowest BCUT2D eigenvalue weighted by Gasteiger charge is -2.36. The number of rotatable bonds is 6. The molecule has 0 radical (unpaired) electrons.